The molecule has 0 amide bonds. The molecule has 7 nitrogen and oxygen atoms in total. The molecule has 0 fully saturated rings. The van der Waals surface area contributed by atoms with Crippen molar-refractivity contribution in [1.29, 1.82) is 0 Å². The van der Waals surface area contributed by atoms with E-state index in [1.54, 1.807) is 0 Å². The van der Waals surface area contributed by atoms with Gasteiger partial charge in [-0.25, -0.2) is 4.79 Å². The molecule has 0 aliphatic rings. The molecule has 0 bridgehead atoms. The summed E-state index contributed by atoms with van der Waals surface area (Å²) in [5.41, 5.74) is -0.544. The predicted octanol–water partition coefficient (Wildman–Crippen LogP) is 1.80. The lowest BCUT2D eigenvalue weighted by molar-refractivity contribution is -0.384. The van der Waals surface area contributed by atoms with Crippen molar-refractivity contribution in [3.63, 3.8) is 0 Å². The van der Waals surface area contributed by atoms with Gasteiger partial charge < -0.3 is 10.2 Å². The molecule has 1 aromatic rings. The molecule has 94 valence electrons. The number of carboxylic acid groups (broad SMARTS) is 1. The third kappa shape index (κ3) is 3.05. The van der Waals surface area contributed by atoms with E-state index in [-0.39, 0.29) is 10.6 Å². The third-order valence-corrected chi connectivity index (χ3v) is 2.24. The zero-order chi connectivity index (χ0) is 13.9. The van der Waals surface area contributed by atoms with Gasteiger partial charge in [0.15, 0.2) is 0 Å². The van der Waals surface area contributed by atoms with Crippen molar-refractivity contribution in [1.82, 2.24) is 0 Å². The van der Waals surface area contributed by atoms with Crippen molar-refractivity contribution in [2.24, 2.45) is 0 Å². The molecule has 0 radical (unpaired) electrons. The highest BCUT2D eigenvalue weighted by molar-refractivity contribution is 6.38. The smallest absolute Gasteiger partial charge is 0.376 e. The molecule has 0 spiro atoms. The summed E-state index contributed by atoms with van der Waals surface area (Å²) >= 11 is 5.55. The molecule has 0 aliphatic heterocycles. The molecule has 0 aliphatic carbocycles. The molecular weight excluding hydrogens is 266 g/mol. The summed E-state index contributed by atoms with van der Waals surface area (Å²) in [6.07, 6.45) is 0.454. The minimum atomic E-state index is -1.75. The van der Waals surface area contributed by atoms with Crippen molar-refractivity contribution in [2.45, 2.75) is 0 Å². The Kier molecular flexibility index (Phi) is 4.01. The van der Waals surface area contributed by atoms with Crippen LogP contribution in [-0.4, -0.2) is 26.9 Å². The molecule has 8 heteroatoms. The quantitative estimate of drug-likeness (QED) is 0.283. The van der Waals surface area contributed by atoms with Gasteiger partial charge in [-0.1, -0.05) is 11.6 Å². The Labute approximate surface area is 105 Å². The predicted molar refractivity (Wildman–Crippen MR) is 61.4 cm³/mol. The Morgan fingerprint density at radius 2 is 1.94 bits per heavy atom. The Balaban J connectivity index is 3.19. The van der Waals surface area contributed by atoms with Crippen LogP contribution in [0.4, 0.5) is 5.69 Å². The number of aliphatic carboxylic acids is 1. The van der Waals surface area contributed by atoms with Gasteiger partial charge in [-0.3, -0.25) is 14.9 Å². The van der Waals surface area contributed by atoms with Crippen LogP contribution in [0.15, 0.2) is 24.3 Å². The van der Waals surface area contributed by atoms with Crippen LogP contribution in [0.5, 0.6) is 0 Å². The van der Waals surface area contributed by atoms with Crippen molar-refractivity contribution in [2.75, 3.05) is 0 Å². The van der Waals surface area contributed by atoms with Gasteiger partial charge in [0.1, 0.15) is 10.8 Å². The monoisotopic (exact) mass is 271 g/mol. The van der Waals surface area contributed by atoms with E-state index in [1.165, 1.54) is 6.07 Å². The summed E-state index contributed by atoms with van der Waals surface area (Å²) in [6.45, 7) is 0. The fourth-order valence-corrected chi connectivity index (χ4v) is 1.27. The SMILES string of the molecule is O=C(O)C(=O)/C=C(\O)c1ccc(Cl)c([N+](=O)[O-])c1. The van der Waals surface area contributed by atoms with Gasteiger partial charge in [0.05, 0.1) is 4.92 Å². The number of carbonyl (C=O) groups excluding carboxylic acids is 1. The zero-order valence-electron chi connectivity index (χ0n) is 8.66. The fraction of sp³-hybridized carbons (Fsp3) is 0. The normalized spacial score (nSPS) is 11.1. The average molecular weight is 272 g/mol. The second-order valence-electron chi connectivity index (χ2n) is 3.12. The largest absolute Gasteiger partial charge is 0.507 e. The van der Waals surface area contributed by atoms with Crippen LogP contribution in [0.2, 0.25) is 5.02 Å². The number of hydrogen-bond donors (Lipinski definition) is 2. The molecule has 0 saturated carbocycles. The Morgan fingerprint density at radius 1 is 1.33 bits per heavy atom. The Morgan fingerprint density at radius 3 is 2.44 bits per heavy atom. The molecule has 0 unspecified atom stereocenters. The molecular formula is C10H6ClNO6. The molecule has 0 aromatic heterocycles. The van der Waals surface area contributed by atoms with Gasteiger partial charge in [0, 0.05) is 17.7 Å². The van der Waals surface area contributed by atoms with E-state index in [2.05, 4.69) is 0 Å². The van der Waals surface area contributed by atoms with E-state index in [0.717, 1.165) is 12.1 Å². The summed E-state index contributed by atoms with van der Waals surface area (Å²) in [7, 11) is 0. The first kappa shape index (κ1) is 13.7. The average Bonchev–Trinajstić information content (AvgIpc) is 2.28. The number of aliphatic hydroxyl groups excluding tert-OH is 1. The van der Waals surface area contributed by atoms with Crippen molar-refractivity contribution in [3.05, 3.63) is 45.0 Å². The standard InChI is InChI=1S/C10H6ClNO6/c11-6-2-1-5(3-7(6)12(17)18)8(13)4-9(14)10(15)16/h1-4,13H,(H,15,16)/b8-4-. The second-order valence-corrected chi connectivity index (χ2v) is 3.53. The van der Waals surface area contributed by atoms with Crippen LogP contribution >= 0.6 is 11.6 Å². The van der Waals surface area contributed by atoms with Crippen molar-refractivity contribution in [3.8, 4) is 0 Å². The summed E-state index contributed by atoms with van der Waals surface area (Å²) in [5.74, 6) is -3.78. The number of halogens is 1. The van der Waals surface area contributed by atoms with Crippen molar-refractivity contribution >= 4 is 34.8 Å². The van der Waals surface area contributed by atoms with E-state index < -0.39 is 28.1 Å². The third-order valence-electron chi connectivity index (χ3n) is 1.92. The van der Waals surface area contributed by atoms with Crippen LogP contribution in [0.25, 0.3) is 5.76 Å². The van der Waals surface area contributed by atoms with Crippen LogP contribution in [-0.2, 0) is 9.59 Å². The highest BCUT2D eigenvalue weighted by Gasteiger charge is 2.16. The molecule has 1 rings (SSSR count). The number of benzene rings is 1. The zero-order valence-corrected chi connectivity index (χ0v) is 9.42. The Bertz CT molecular complexity index is 565. The van der Waals surface area contributed by atoms with Gasteiger partial charge in [0.25, 0.3) is 11.5 Å². The molecule has 0 saturated heterocycles. The van der Waals surface area contributed by atoms with Gasteiger partial charge in [-0.05, 0) is 12.1 Å². The topological polar surface area (TPSA) is 118 Å². The molecule has 0 heterocycles. The Hall–Kier alpha value is -2.41. The highest BCUT2D eigenvalue weighted by Crippen LogP contribution is 2.27. The van der Waals surface area contributed by atoms with Gasteiger partial charge in [-0.2, -0.15) is 0 Å². The first-order valence-electron chi connectivity index (χ1n) is 4.45. The number of ketones is 1. The molecule has 18 heavy (non-hydrogen) atoms. The lowest BCUT2D eigenvalue weighted by Gasteiger charge is -2.01. The minimum absolute atomic E-state index is 0.0827. The molecule has 1 aromatic carbocycles. The number of carbonyl (C=O) groups is 2. The van der Waals surface area contributed by atoms with E-state index in [0.29, 0.717) is 6.08 Å². The first-order valence-corrected chi connectivity index (χ1v) is 4.83. The van der Waals surface area contributed by atoms with E-state index >= 15 is 0 Å². The summed E-state index contributed by atoms with van der Waals surface area (Å²) in [5, 5.41) is 28.2. The highest BCUT2D eigenvalue weighted by atomic mass is 35.5. The van der Waals surface area contributed by atoms with Crippen LogP contribution < -0.4 is 0 Å². The number of nitro groups is 1. The minimum Gasteiger partial charge on any atom is -0.507 e. The van der Waals surface area contributed by atoms with E-state index in [9.17, 15) is 24.8 Å². The molecule has 0 atom stereocenters. The lowest BCUT2D eigenvalue weighted by atomic mass is 10.1. The van der Waals surface area contributed by atoms with Gasteiger partial charge in [0.2, 0.25) is 0 Å². The number of nitrogens with zero attached hydrogens (tertiary/aromatic N) is 1. The maximum absolute atomic E-state index is 10.8. The number of hydrogen-bond acceptors (Lipinski definition) is 5. The first-order chi connectivity index (χ1) is 8.32. The summed E-state index contributed by atoms with van der Waals surface area (Å²) in [6, 6.07) is 3.31. The summed E-state index contributed by atoms with van der Waals surface area (Å²) in [4.78, 5) is 30.9. The van der Waals surface area contributed by atoms with Gasteiger partial charge >= 0.3 is 5.97 Å². The number of aliphatic hydroxyl groups is 1. The second kappa shape index (κ2) is 5.28. The van der Waals surface area contributed by atoms with Crippen LogP contribution in [0.1, 0.15) is 5.56 Å². The summed E-state index contributed by atoms with van der Waals surface area (Å²) < 4.78 is 0. The number of carboxylic acids is 1. The van der Waals surface area contributed by atoms with E-state index in [4.69, 9.17) is 16.7 Å². The van der Waals surface area contributed by atoms with Crippen LogP contribution in [0, 0.1) is 10.1 Å². The molecule has 2 N–H and O–H groups in total. The number of nitro benzene ring substituents is 1. The van der Waals surface area contributed by atoms with Gasteiger partial charge in [-0.15, -0.1) is 0 Å². The number of rotatable bonds is 4. The maximum atomic E-state index is 10.8. The fourth-order valence-electron chi connectivity index (χ4n) is 1.08. The van der Waals surface area contributed by atoms with Crippen molar-refractivity contribution < 1.29 is 24.7 Å². The van der Waals surface area contributed by atoms with Crippen LogP contribution in [0.3, 0.4) is 0 Å². The maximum Gasteiger partial charge on any atom is 0.376 e. The lowest BCUT2D eigenvalue weighted by Crippen LogP contribution is -2.09. The van der Waals surface area contributed by atoms with E-state index in [1.807, 2.05) is 0 Å².